The van der Waals surface area contributed by atoms with E-state index in [-0.39, 0.29) is 0 Å². The molecular formula is C26H24BrN7O. The molecule has 2 heterocycles. The third kappa shape index (κ3) is 6.00. The lowest BCUT2D eigenvalue weighted by atomic mass is 10.1. The minimum Gasteiger partial charge on any atom is -0.378 e. The second-order valence-electron chi connectivity index (χ2n) is 7.84. The van der Waals surface area contributed by atoms with Gasteiger partial charge in [-0.2, -0.15) is 20.1 Å². The summed E-state index contributed by atoms with van der Waals surface area (Å²) < 4.78 is 6.30. The van der Waals surface area contributed by atoms with Crippen LogP contribution in [-0.4, -0.2) is 47.5 Å². The molecule has 0 aliphatic carbocycles. The highest BCUT2D eigenvalue weighted by atomic mass is 79.9. The molecule has 176 valence electrons. The number of morpholine rings is 1. The fraction of sp³-hybridized carbons (Fsp3) is 0.154. The second kappa shape index (κ2) is 11.1. The van der Waals surface area contributed by atoms with Gasteiger partial charge in [-0.15, -0.1) is 0 Å². The molecule has 35 heavy (non-hydrogen) atoms. The van der Waals surface area contributed by atoms with Crippen LogP contribution in [0.1, 0.15) is 5.56 Å². The first-order valence-corrected chi connectivity index (χ1v) is 12.1. The van der Waals surface area contributed by atoms with Crippen molar-refractivity contribution in [3.05, 3.63) is 82.8 Å². The number of anilines is 4. The van der Waals surface area contributed by atoms with Gasteiger partial charge >= 0.3 is 0 Å². The predicted octanol–water partition coefficient (Wildman–Crippen LogP) is 5.44. The fourth-order valence-corrected chi connectivity index (χ4v) is 4.09. The maximum Gasteiger partial charge on any atom is 0.250 e. The van der Waals surface area contributed by atoms with E-state index < -0.39 is 0 Å². The number of ether oxygens (including phenoxy) is 1. The minimum atomic E-state index is 0.348. The standard InChI is InChI=1S/C26H24BrN7O/c27-21(17-19-7-2-1-3-8-19)18-28-33-25-30-24(31-26(32-25)34-13-15-35-16-14-34)29-23-12-6-10-20-9-4-5-11-22(20)23/h1-12,17-18H,13-16H2,(H2,29,30,31,32,33)/b21-17-,28-18-. The minimum absolute atomic E-state index is 0.348. The van der Waals surface area contributed by atoms with Gasteiger partial charge in [-0.25, -0.2) is 5.43 Å². The molecular weight excluding hydrogens is 506 g/mol. The Labute approximate surface area is 211 Å². The van der Waals surface area contributed by atoms with E-state index in [0.29, 0.717) is 44.1 Å². The van der Waals surface area contributed by atoms with Crippen LogP contribution in [0, 0.1) is 0 Å². The number of hydrogen-bond acceptors (Lipinski definition) is 8. The number of halogens is 1. The molecule has 1 saturated heterocycles. The molecule has 3 aromatic carbocycles. The van der Waals surface area contributed by atoms with Crippen molar-refractivity contribution in [3.63, 3.8) is 0 Å². The highest BCUT2D eigenvalue weighted by molar-refractivity contribution is 9.12. The molecule has 0 amide bonds. The number of rotatable bonds is 7. The van der Waals surface area contributed by atoms with Gasteiger partial charge in [-0.3, -0.25) is 0 Å². The Hall–Kier alpha value is -3.82. The third-order valence-corrected chi connectivity index (χ3v) is 5.84. The molecule has 0 radical (unpaired) electrons. The first kappa shape index (κ1) is 22.9. The average Bonchev–Trinajstić information content (AvgIpc) is 2.90. The number of fused-ring (bicyclic) bond motifs is 1. The quantitative estimate of drug-likeness (QED) is 0.243. The SMILES string of the molecule is BrC(/C=N\Nc1nc(Nc2cccc3ccccc23)nc(N2CCOCC2)n1)=C\c1ccccc1. The van der Waals surface area contributed by atoms with Crippen molar-refractivity contribution in [2.45, 2.75) is 0 Å². The predicted molar refractivity (Wildman–Crippen MR) is 146 cm³/mol. The molecule has 0 spiro atoms. The zero-order valence-electron chi connectivity index (χ0n) is 18.9. The normalized spacial score (nSPS) is 14.4. The maximum atomic E-state index is 5.49. The third-order valence-electron chi connectivity index (χ3n) is 5.41. The van der Waals surface area contributed by atoms with Crippen LogP contribution >= 0.6 is 15.9 Å². The van der Waals surface area contributed by atoms with E-state index in [9.17, 15) is 0 Å². The molecule has 5 rings (SSSR count). The van der Waals surface area contributed by atoms with Gasteiger partial charge in [0.1, 0.15) is 0 Å². The van der Waals surface area contributed by atoms with Gasteiger partial charge in [0.05, 0.1) is 19.4 Å². The van der Waals surface area contributed by atoms with Crippen molar-refractivity contribution in [2.75, 3.05) is 41.9 Å². The summed E-state index contributed by atoms with van der Waals surface area (Å²) in [5.41, 5.74) is 4.94. The lowest BCUT2D eigenvalue weighted by Crippen LogP contribution is -2.37. The van der Waals surface area contributed by atoms with Crippen LogP contribution in [0.4, 0.5) is 23.5 Å². The summed E-state index contributed by atoms with van der Waals surface area (Å²) in [4.78, 5) is 15.9. The van der Waals surface area contributed by atoms with Crippen molar-refractivity contribution in [1.29, 1.82) is 0 Å². The second-order valence-corrected chi connectivity index (χ2v) is 8.76. The van der Waals surface area contributed by atoms with Crippen molar-refractivity contribution < 1.29 is 4.74 Å². The van der Waals surface area contributed by atoms with Gasteiger partial charge in [0.25, 0.3) is 0 Å². The van der Waals surface area contributed by atoms with Crippen LogP contribution < -0.4 is 15.6 Å². The van der Waals surface area contributed by atoms with E-state index in [1.54, 1.807) is 6.21 Å². The number of nitrogens with zero attached hydrogens (tertiary/aromatic N) is 5. The van der Waals surface area contributed by atoms with E-state index in [2.05, 4.69) is 69.8 Å². The fourth-order valence-electron chi connectivity index (χ4n) is 3.73. The topological polar surface area (TPSA) is 87.6 Å². The van der Waals surface area contributed by atoms with Crippen LogP contribution in [0.15, 0.2) is 82.4 Å². The number of hydrogen-bond donors (Lipinski definition) is 2. The molecule has 0 atom stereocenters. The van der Waals surface area contributed by atoms with E-state index in [1.165, 1.54) is 0 Å². The van der Waals surface area contributed by atoms with Crippen LogP contribution in [-0.2, 0) is 4.74 Å². The zero-order chi connectivity index (χ0) is 23.9. The molecule has 9 heteroatoms. The lowest BCUT2D eigenvalue weighted by molar-refractivity contribution is 0.122. The van der Waals surface area contributed by atoms with Crippen molar-refractivity contribution in [2.24, 2.45) is 5.10 Å². The first-order valence-electron chi connectivity index (χ1n) is 11.3. The highest BCUT2D eigenvalue weighted by Crippen LogP contribution is 2.26. The number of allylic oxidation sites excluding steroid dienone is 1. The molecule has 4 aromatic rings. The Morgan fingerprint density at radius 2 is 1.63 bits per heavy atom. The number of benzene rings is 3. The molecule has 2 N–H and O–H groups in total. The highest BCUT2D eigenvalue weighted by Gasteiger charge is 2.17. The van der Waals surface area contributed by atoms with Gasteiger partial charge in [0.15, 0.2) is 0 Å². The Kier molecular flexibility index (Phi) is 7.26. The largest absolute Gasteiger partial charge is 0.378 e. The molecule has 1 aliphatic rings. The molecule has 8 nitrogen and oxygen atoms in total. The van der Waals surface area contributed by atoms with Crippen molar-refractivity contribution in [3.8, 4) is 0 Å². The van der Waals surface area contributed by atoms with Crippen LogP contribution in [0.5, 0.6) is 0 Å². The average molecular weight is 530 g/mol. The zero-order valence-corrected chi connectivity index (χ0v) is 20.5. The summed E-state index contributed by atoms with van der Waals surface area (Å²) in [6, 6.07) is 24.3. The molecule has 1 fully saturated rings. The molecule has 0 saturated carbocycles. The lowest BCUT2D eigenvalue weighted by Gasteiger charge is -2.27. The smallest absolute Gasteiger partial charge is 0.250 e. The van der Waals surface area contributed by atoms with Crippen molar-refractivity contribution >= 4 is 62.5 Å². The monoisotopic (exact) mass is 529 g/mol. The first-order chi connectivity index (χ1) is 17.2. The Morgan fingerprint density at radius 3 is 2.49 bits per heavy atom. The van der Waals surface area contributed by atoms with Crippen LogP contribution in [0.3, 0.4) is 0 Å². The van der Waals surface area contributed by atoms with E-state index in [4.69, 9.17) is 4.74 Å². The van der Waals surface area contributed by atoms with Gasteiger partial charge < -0.3 is 15.0 Å². The van der Waals surface area contributed by atoms with Crippen LogP contribution in [0.2, 0.25) is 0 Å². The summed E-state index contributed by atoms with van der Waals surface area (Å²) in [7, 11) is 0. The number of aromatic nitrogens is 3. The Morgan fingerprint density at radius 1 is 0.886 bits per heavy atom. The molecule has 1 aliphatic heterocycles. The summed E-state index contributed by atoms with van der Waals surface area (Å²) in [5, 5.41) is 9.90. The molecule has 0 bridgehead atoms. The Balaban J connectivity index is 1.40. The van der Waals surface area contributed by atoms with E-state index >= 15 is 0 Å². The molecule has 1 aromatic heterocycles. The molecule has 0 unspecified atom stereocenters. The van der Waals surface area contributed by atoms with Crippen molar-refractivity contribution in [1.82, 2.24) is 15.0 Å². The van der Waals surface area contributed by atoms with Gasteiger partial charge in [-0.1, -0.05) is 66.7 Å². The summed E-state index contributed by atoms with van der Waals surface area (Å²) in [6.45, 7) is 2.70. The number of nitrogens with one attached hydrogen (secondary N) is 2. The van der Waals surface area contributed by atoms with E-state index in [0.717, 1.165) is 26.5 Å². The number of hydrazone groups is 1. The summed E-state index contributed by atoms with van der Waals surface area (Å²) >= 11 is 3.53. The van der Waals surface area contributed by atoms with E-state index in [1.807, 2.05) is 60.7 Å². The van der Waals surface area contributed by atoms with Crippen LogP contribution in [0.25, 0.3) is 16.8 Å². The van der Waals surface area contributed by atoms with Gasteiger partial charge in [0, 0.05) is 28.6 Å². The summed E-state index contributed by atoms with van der Waals surface area (Å²) in [6.07, 6.45) is 3.65. The van der Waals surface area contributed by atoms with Gasteiger partial charge in [0.2, 0.25) is 17.8 Å². The summed E-state index contributed by atoms with van der Waals surface area (Å²) in [5.74, 6) is 1.36. The van der Waals surface area contributed by atoms with Gasteiger partial charge in [-0.05, 0) is 39.0 Å². The maximum absolute atomic E-state index is 5.49. The Bertz CT molecular complexity index is 1350.